The van der Waals surface area contributed by atoms with Crippen LogP contribution in [0.2, 0.25) is 0 Å². The molecule has 0 aromatic heterocycles. The summed E-state index contributed by atoms with van der Waals surface area (Å²) in [5, 5.41) is 12.4. The van der Waals surface area contributed by atoms with E-state index in [1.54, 1.807) is 12.1 Å². The third-order valence-corrected chi connectivity index (χ3v) is 3.67. The number of rotatable bonds is 5. The second-order valence-corrected chi connectivity index (χ2v) is 5.48. The lowest BCUT2D eigenvalue weighted by Crippen LogP contribution is -2.19. The van der Waals surface area contributed by atoms with Gasteiger partial charge in [-0.1, -0.05) is 32.0 Å². The molecule has 2 N–H and O–H groups in total. The zero-order valence-corrected chi connectivity index (χ0v) is 10.4. The van der Waals surface area contributed by atoms with Gasteiger partial charge >= 0.3 is 5.97 Å². The van der Waals surface area contributed by atoms with Crippen LogP contribution in [0.3, 0.4) is 0 Å². The average molecular weight is 233 g/mol. The predicted molar refractivity (Wildman–Crippen MR) is 67.0 cm³/mol. The van der Waals surface area contributed by atoms with E-state index >= 15 is 0 Å². The Morgan fingerprint density at radius 3 is 2.71 bits per heavy atom. The monoisotopic (exact) mass is 233 g/mol. The van der Waals surface area contributed by atoms with Crippen molar-refractivity contribution in [2.75, 3.05) is 6.54 Å². The van der Waals surface area contributed by atoms with Gasteiger partial charge in [-0.15, -0.1) is 0 Å². The lowest BCUT2D eigenvalue weighted by molar-refractivity contribution is 0.0695. The molecule has 17 heavy (non-hydrogen) atoms. The van der Waals surface area contributed by atoms with Crippen LogP contribution in [0, 0.1) is 11.3 Å². The van der Waals surface area contributed by atoms with Crippen LogP contribution in [0.1, 0.15) is 36.2 Å². The first-order valence-electron chi connectivity index (χ1n) is 6.02. The summed E-state index contributed by atoms with van der Waals surface area (Å²) in [5.41, 5.74) is 1.73. The lowest BCUT2D eigenvalue weighted by Gasteiger charge is -2.08. The summed E-state index contributed by atoms with van der Waals surface area (Å²) in [6.07, 6.45) is 1.26. The fraction of sp³-hybridized carbons (Fsp3) is 0.500. The molecule has 1 aliphatic rings. The van der Waals surface area contributed by atoms with Crippen LogP contribution in [0.25, 0.3) is 0 Å². The standard InChI is InChI=1S/C14H19NO2/c1-14(2)7-11(14)9-15-8-10-5-3-4-6-12(10)13(16)17/h3-6,11,15H,7-9H2,1-2H3,(H,16,17). The minimum atomic E-state index is -0.853. The fourth-order valence-electron chi connectivity index (χ4n) is 2.19. The van der Waals surface area contributed by atoms with Crippen molar-refractivity contribution in [3.8, 4) is 0 Å². The molecule has 0 radical (unpaired) electrons. The van der Waals surface area contributed by atoms with E-state index in [0.29, 0.717) is 17.5 Å². The molecule has 1 atom stereocenters. The Kier molecular flexibility index (Phi) is 3.20. The number of hydrogen-bond donors (Lipinski definition) is 2. The minimum absolute atomic E-state index is 0.398. The highest BCUT2D eigenvalue weighted by atomic mass is 16.4. The molecule has 1 aromatic carbocycles. The highest BCUT2D eigenvalue weighted by Crippen LogP contribution is 2.50. The zero-order chi connectivity index (χ0) is 12.5. The van der Waals surface area contributed by atoms with Crippen molar-refractivity contribution in [2.45, 2.75) is 26.8 Å². The van der Waals surface area contributed by atoms with Crippen LogP contribution in [-0.2, 0) is 6.54 Å². The molecule has 3 heteroatoms. The summed E-state index contributed by atoms with van der Waals surface area (Å²) in [4.78, 5) is 11.0. The zero-order valence-electron chi connectivity index (χ0n) is 10.4. The summed E-state index contributed by atoms with van der Waals surface area (Å²) in [6, 6.07) is 7.16. The van der Waals surface area contributed by atoms with Crippen LogP contribution >= 0.6 is 0 Å². The van der Waals surface area contributed by atoms with Gasteiger partial charge in [0.2, 0.25) is 0 Å². The van der Waals surface area contributed by atoms with E-state index in [0.717, 1.165) is 18.0 Å². The number of carboxylic acid groups (broad SMARTS) is 1. The van der Waals surface area contributed by atoms with Gasteiger partial charge in [0.25, 0.3) is 0 Å². The molecule has 0 saturated heterocycles. The molecule has 0 heterocycles. The molecular weight excluding hydrogens is 214 g/mol. The second kappa shape index (κ2) is 4.49. The summed E-state index contributed by atoms with van der Waals surface area (Å²) in [5.74, 6) is -0.117. The molecule has 1 aromatic rings. The van der Waals surface area contributed by atoms with Crippen molar-refractivity contribution in [3.05, 3.63) is 35.4 Å². The summed E-state index contributed by atoms with van der Waals surface area (Å²) in [7, 11) is 0. The van der Waals surface area contributed by atoms with Crippen molar-refractivity contribution >= 4 is 5.97 Å². The molecular formula is C14H19NO2. The lowest BCUT2D eigenvalue weighted by atomic mass is 10.1. The van der Waals surface area contributed by atoms with E-state index in [1.165, 1.54) is 6.42 Å². The Labute approximate surface area is 102 Å². The minimum Gasteiger partial charge on any atom is -0.478 e. The smallest absolute Gasteiger partial charge is 0.336 e. The predicted octanol–water partition coefficient (Wildman–Crippen LogP) is 2.52. The molecule has 3 nitrogen and oxygen atoms in total. The summed E-state index contributed by atoms with van der Waals surface area (Å²) in [6.45, 7) is 6.14. The molecule has 92 valence electrons. The number of hydrogen-bond acceptors (Lipinski definition) is 2. The third kappa shape index (κ3) is 2.86. The number of carbonyl (C=O) groups is 1. The highest BCUT2D eigenvalue weighted by molar-refractivity contribution is 5.89. The van der Waals surface area contributed by atoms with E-state index < -0.39 is 5.97 Å². The van der Waals surface area contributed by atoms with Crippen LogP contribution in [-0.4, -0.2) is 17.6 Å². The molecule has 1 aliphatic carbocycles. The van der Waals surface area contributed by atoms with Crippen molar-refractivity contribution in [1.82, 2.24) is 5.32 Å². The van der Waals surface area contributed by atoms with Crippen molar-refractivity contribution < 1.29 is 9.90 Å². The van der Waals surface area contributed by atoms with Crippen molar-refractivity contribution in [2.24, 2.45) is 11.3 Å². The van der Waals surface area contributed by atoms with Gasteiger partial charge in [-0.25, -0.2) is 4.79 Å². The molecule has 1 saturated carbocycles. The van der Waals surface area contributed by atoms with Gasteiger partial charge in [0, 0.05) is 6.54 Å². The van der Waals surface area contributed by atoms with Gasteiger partial charge in [-0.05, 0) is 35.9 Å². The highest BCUT2D eigenvalue weighted by Gasteiger charge is 2.44. The molecule has 0 spiro atoms. The van der Waals surface area contributed by atoms with Crippen molar-refractivity contribution in [1.29, 1.82) is 0 Å². The van der Waals surface area contributed by atoms with Gasteiger partial charge in [0.15, 0.2) is 0 Å². The third-order valence-electron chi connectivity index (χ3n) is 3.67. The maximum absolute atomic E-state index is 11.0. The molecule has 0 bridgehead atoms. The molecule has 1 unspecified atom stereocenters. The second-order valence-electron chi connectivity index (χ2n) is 5.48. The first-order valence-corrected chi connectivity index (χ1v) is 6.02. The van der Waals surface area contributed by atoms with E-state index in [1.807, 2.05) is 12.1 Å². The van der Waals surface area contributed by atoms with E-state index in [2.05, 4.69) is 19.2 Å². The van der Waals surface area contributed by atoms with E-state index in [-0.39, 0.29) is 0 Å². The average Bonchev–Trinajstić information content (AvgIpc) is 2.87. The Bertz CT molecular complexity index is 426. The SMILES string of the molecule is CC1(C)CC1CNCc1ccccc1C(=O)O. The molecule has 1 fully saturated rings. The molecule has 0 amide bonds. The van der Waals surface area contributed by atoms with Gasteiger partial charge in [-0.2, -0.15) is 0 Å². The summed E-state index contributed by atoms with van der Waals surface area (Å²) >= 11 is 0. The van der Waals surface area contributed by atoms with Crippen LogP contribution in [0.15, 0.2) is 24.3 Å². The van der Waals surface area contributed by atoms with Crippen molar-refractivity contribution in [3.63, 3.8) is 0 Å². The van der Waals surface area contributed by atoms with Crippen LogP contribution < -0.4 is 5.32 Å². The maximum Gasteiger partial charge on any atom is 0.336 e. The molecule has 0 aliphatic heterocycles. The Morgan fingerprint density at radius 1 is 1.47 bits per heavy atom. The maximum atomic E-state index is 11.0. The Morgan fingerprint density at radius 2 is 2.12 bits per heavy atom. The first kappa shape index (κ1) is 12.1. The largest absolute Gasteiger partial charge is 0.478 e. The number of aromatic carboxylic acids is 1. The number of carboxylic acids is 1. The van der Waals surface area contributed by atoms with E-state index in [9.17, 15) is 4.79 Å². The Hall–Kier alpha value is -1.35. The molecule has 2 rings (SSSR count). The normalized spacial score (nSPS) is 21.2. The van der Waals surface area contributed by atoms with E-state index in [4.69, 9.17) is 5.11 Å². The number of nitrogens with one attached hydrogen (secondary N) is 1. The quantitative estimate of drug-likeness (QED) is 0.821. The summed E-state index contributed by atoms with van der Waals surface area (Å²) < 4.78 is 0. The topological polar surface area (TPSA) is 49.3 Å². The van der Waals surface area contributed by atoms with Crippen LogP contribution in [0.4, 0.5) is 0 Å². The number of benzene rings is 1. The van der Waals surface area contributed by atoms with Gasteiger partial charge in [0.05, 0.1) is 5.56 Å². The fourth-order valence-corrected chi connectivity index (χ4v) is 2.19. The first-order chi connectivity index (χ1) is 8.00. The van der Waals surface area contributed by atoms with Gasteiger partial charge < -0.3 is 10.4 Å². The van der Waals surface area contributed by atoms with Gasteiger partial charge in [0.1, 0.15) is 0 Å². The van der Waals surface area contributed by atoms with Crippen LogP contribution in [0.5, 0.6) is 0 Å². The van der Waals surface area contributed by atoms with Gasteiger partial charge in [-0.3, -0.25) is 0 Å². The Balaban J connectivity index is 1.89.